The van der Waals surface area contributed by atoms with Crippen molar-refractivity contribution in [3.05, 3.63) is 47.0 Å². The molecule has 0 amide bonds. The minimum Gasteiger partial charge on any atom is -0.0843 e. The average molecular weight is 247 g/mol. The Bertz CT molecular complexity index is 488. The zero-order valence-electron chi connectivity index (χ0n) is 10.4. The molecule has 2 aromatic carbocycles. The van der Waals surface area contributed by atoms with Gasteiger partial charge in [0.1, 0.15) is 0 Å². The summed E-state index contributed by atoms with van der Waals surface area (Å²) >= 11 is 5.98. The molecule has 0 nitrogen and oxygen atoms in total. The Morgan fingerprint density at radius 1 is 0.882 bits per heavy atom. The summed E-state index contributed by atoms with van der Waals surface area (Å²) < 4.78 is 0. The fourth-order valence-electron chi connectivity index (χ4n) is 2.18. The molecule has 90 valence electrons. The van der Waals surface area contributed by atoms with E-state index in [1.165, 1.54) is 48.4 Å². The monoisotopic (exact) mass is 246 g/mol. The Morgan fingerprint density at radius 3 is 2.47 bits per heavy atom. The SMILES string of the molecule is CCCCCCc1ccc2cc(Cl)ccc2c1. The summed E-state index contributed by atoms with van der Waals surface area (Å²) in [5, 5.41) is 3.34. The van der Waals surface area contributed by atoms with Gasteiger partial charge >= 0.3 is 0 Å². The highest BCUT2D eigenvalue weighted by atomic mass is 35.5. The van der Waals surface area contributed by atoms with Crippen LogP contribution in [0.4, 0.5) is 0 Å². The number of hydrogen-bond donors (Lipinski definition) is 0. The van der Waals surface area contributed by atoms with Gasteiger partial charge in [0.05, 0.1) is 0 Å². The van der Waals surface area contributed by atoms with Gasteiger partial charge in [-0.2, -0.15) is 0 Å². The van der Waals surface area contributed by atoms with Crippen molar-refractivity contribution >= 4 is 22.4 Å². The van der Waals surface area contributed by atoms with Crippen LogP contribution in [0.3, 0.4) is 0 Å². The largest absolute Gasteiger partial charge is 0.0843 e. The van der Waals surface area contributed by atoms with Crippen molar-refractivity contribution in [2.75, 3.05) is 0 Å². The molecule has 0 N–H and O–H groups in total. The maximum absolute atomic E-state index is 5.98. The van der Waals surface area contributed by atoms with Crippen molar-refractivity contribution in [1.29, 1.82) is 0 Å². The van der Waals surface area contributed by atoms with Crippen molar-refractivity contribution in [3.8, 4) is 0 Å². The van der Waals surface area contributed by atoms with Crippen LogP contribution >= 0.6 is 11.6 Å². The molecular formula is C16H19Cl. The molecule has 0 saturated heterocycles. The lowest BCUT2D eigenvalue weighted by molar-refractivity contribution is 0.667. The summed E-state index contributed by atoms with van der Waals surface area (Å²) in [5.74, 6) is 0. The van der Waals surface area contributed by atoms with E-state index in [4.69, 9.17) is 11.6 Å². The summed E-state index contributed by atoms with van der Waals surface area (Å²) in [6.45, 7) is 2.25. The van der Waals surface area contributed by atoms with Crippen LogP contribution in [0, 0.1) is 0 Å². The molecular weight excluding hydrogens is 228 g/mol. The van der Waals surface area contributed by atoms with Gasteiger partial charge < -0.3 is 0 Å². The Kier molecular flexibility index (Phi) is 4.44. The first-order chi connectivity index (χ1) is 8.29. The van der Waals surface area contributed by atoms with E-state index in [1.807, 2.05) is 12.1 Å². The molecule has 0 fully saturated rings. The second kappa shape index (κ2) is 6.07. The van der Waals surface area contributed by atoms with Crippen LogP contribution < -0.4 is 0 Å². The molecule has 0 unspecified atom stereocenters. The summed E-state index contributed by atoms with van der Waals surface area (Å²) in [4.78, 5) is 0. The Morgan fingerprint density at radius 2 is 1.65 bits per heavy atom. The molecule has 17 heavy (non-hydrogen) atoms. The lowest BCUT2D eigenvalue weighted by Crippen LogP contribution is -1.86. The highest BCUT2D eigenvalue weighted by Gasteiger charge is 1.98. The number of rotatable bonds is 5. The van der Waals surface area contributed by atoms with Crippen molar-refractivity contribution in [2.45, 2.75) is 39.0 Å². The van der Waals surface area contributed by atoms with Gasteiger partial charge in [0.15, 0.2) is 0 Å². The Labute approximate surface area is 109 Å². The van der Waals surface area contributed by atoms with Crippen LogP contribution in [0.1, 0.15) is 38.2 Å². The maximum atomic E-state index is 5.98. The van der Waals surface area contributed by atoms with Gasteiger partial charge in [-0.05, 0) is 41.3 Å². The smallest absolute Gasteiger partial charge is 0.0412 e. The molecule has 0 aliphatic rings. The van der Waals surface area contributed by atoms with Crippen molar-refractivity contribution < 1.29 is 0 Å². The van der Waals surface area contributed by atoms with Crippen LogP contribution in [0.2, 0.25) is 5.02 Å². The Balaban J connectivity index is 2.07. The van der Waals surface area contributed by atoms with E-state index in [-0.39, 0.29) is 0 Å². The molecule has 0 atom stereocenters. The van der Waals surface area contributed by atoms with E-state index in [2.05, 4.69) is 31.2 Å². The first-order valence-corrected chi connectivity index (χ1v) is 6.85. The first-order valence-electron chi connectivity index (χ1n) is 6.48. The molecule has 0 spiro atoms. The summed E-state index contributed by atoms with van der Waals surface area (Å²) in [5.41, 5.74) is 1.44. The average Bonchev–Trinajstić information content (AvgIpc) is 2.35. The second-order valence-corrected chi connectivity index (χ2v) is 5.07. The van der Waals surface area contributed by atoms with Gasteiger partial charge in [-0.25, -0.2) is 0 Å². The van der Waals surface area contributed by atoms with Crippen LogP contribution in [0.25, 0.3) is 10.8 Å². The van der Waals surface area contributed by atoms with Gasteiger partial charge in [0.25, 0.3) is 0 Å². The van der Waals surface area contributed by atoms with Crippen molar-refractivity contribution in [1.82, 2.24) is 0 Å². The highest BCUT2D eigenvalue weighted by molar-refractivity contribution is 6.31. The standard InChI is InChI=1S/C16H19Cl/c1-2-3-4-5-6-13-7-8-15-12-16(17)10-9-14(15)11-13/h7-12H,2-6H2,1H3. The third-order valence-electron chi connectivity index (χ3n) is 3.19. The van der Waals surface area contributed by atoms with Gasteiger partial charge in [-0.3, -0.25) is 0 Å². The number of halogens is 1. The number of fused-ring (bicyclic) bond motifs is 1. The predicted octanol–water partition coefficient (Wildman–Crippen LogP) is 5.62. The summed E-state index contributed by atoms with van der Waals surface area (Å²) in [7, 11) is 0. The molecule has 0 radical (unpaired) electrons. The van der Waals surface area contributed by atoms with E-state index in [9.17, 15) is 0 Å². The van der Waals surface area contributed by atoms with Crippen LogP contribution in [0.5, 0.6) is 0 Å². The van der Waals surface area contributed by atoms with Crippen LogP contribution in [-0.4, -0.2) is 0 Å². The minimum absolute atomic E-state index is 0.813. The fourth-order valence-corrected chi connectivity index (χ4v) is 2.36. The molecule has 0 aliphatic heterocycles. The number of benzene rings is 2. The van der Waals surface area contributed by atoms with Gasteiger partial charge in [-0.1, -0.05) is 62.1 Å². The zero-order valence-corrected chi connectivity index (χ0v) is 11.1. The van der Waals surface area contributed by atoms with Gasteiger partial charge in [-0.15, -0.1) is 0 Å². The molecule has 0 heterocycles. The molecule has 0 bridgehead atoms. The third-order valence-corrected chi connectivity index (χ3v) is 3.42. The van der Waals surface area contributed by atoms with Crippen LogP contribution in [0.15, 0.2) is 36.4 Å². The number of unbranched alkanes of at least 4 members (excludes halogenated alkanes) is 3. The van der Waals surface area contributed by atoms with Crippen molar-refractivity contribution in [3.63, 3.8) is 0 Å². The second-order valence-electron chi connectivity index (χ2n) is 4.64. The maximum Gasteiger partial charge on any atom is 0.0412 e. The normalized spacial score (nSPS) is 10.9. The van der Waals surface area contributed by atoms with E-state index in [1.54, 1.807) is 0 Å². The highest BCUT2D eigenvalue weighted by Crippen LogP contribution is 2.21. The molecule has 0 aliphatic carbocycles. The van der Waals surface area contributed by atoms with E-state index in [0.717, 1.165) is 5.02 Å². The molecule has 2 rings (SSSR count). The third kappa shape index (κ3) is 3.47. The predicted molar refractivity (Wildman–Crippen MR) is 76.8 cm³/mol. The molecule has 1 heteroatoms. The van der Waals surface area contributed by atoms with E-state index < -0.39 is 0 Å². The number of aryl methyl sites for hydroxylation is 1. The Hall–Kier alpha value is -1.01. The van der Waals surface area contributed by atoms with Gasteiger partial charge in [0.2, 0.25) is 0 Å². The lowest BCUT2D eigenvalue weighted by atomic mass is 10.0. The molecule has 2 aromatic rings. The van der Waals surface area contributed by atoms with Crippen LogP contribution in [-0.2, 0) is 6.42 Å². The fraction of sp³-hybridized carbons (Fsp3) is 0.375. The van der Waals surface area contributed by atoms with Gasteiger partial charge in [0, 0.05) is 5.02 Å². The van der Waals surface area contributed by atoms with Crippen molar-refractivity contribution in [2.24, 2.45) is 0 Å². The van der Waals surface area contributed by atoms with E-state index >= 15 is 0 Å². The molecule has 0 aromatic heterocycles. The molecule has 0 saturated carbocycles. The number of hydrogen-bond acceptors (Lipinski definition) is 0. The zero-order chi connectivity index (χ0) is 12.1. The minimum atomic E-state index is 0.813. The summed E-state index contributed by atoms with van der Waals surface area (Å²) in [6.07, 6.45) is 6.49. The van der Waals surface area contributed by atoms with E-state index in [0.29, 0.717) is 0 Å². The first kappa shape index (κ1) is 12.4. The quantitative estimate of drug-likeness (QED) is 0.601. The topological polar surface area (TPSA) is 0 Å². The lowest BCUT2D eigenvalue weighted by Gasteiger charge is -2.04. The summed E-state index contributed by atoms with van der Waals surface area (Å²) in [6, 6.07) is 12.8.